The van der Waals surface area contributed by atoms with Crippen molar-refractivity contribution in [1.82, 2.24) is 5.32 Å². The second kappa shape index (κ2) is 5.33. The second-order valence-electron chi connectivity index (χ2n) is 4.92. The highest BCUT2D eigenvalue weighted by molar-refractivity contribution is 6.01. The molecule has 21 heavy (non-hydrogen) atoms. The van der Waals surface area contributed by atoms with Crippen molar-refractivity contribution in [1.29, 1.82) is 0 Å². The molecule has 0 saturated heterocycles. The van der Waals surface area contributed by atoms with Crippen LogP contribution in [0.4, 0.5) is 13.2 Å². The quantitative estimate of drug-likeness (QED) is 0.680. The molecular formula is C16H12F3NO. The molecule has 0 fully saturated rings. The summed E-state index contributed by atoms with van der Waals surface area (Å²) >= 11 is 0. The van der Waals surface area contributed by atoms with Gasteiger partial charge in [-0.05, 0) is 29.7 Å². The Balaban J connectivity index is 2.03. The first-order valence-electron chi connectivity index (χ1n) is 6.58. The molecule has 2 nitrogen and oxygen atoms in total. The topological polar surface area (TPSA) is 29.1 Å². The molecule has 0 spiro atoms. The van der Waals surface area contributed by atoms with Crippen LogP contribution < -0.4 is 5.32 Å². The summed E-state index contributed by atoms with van der Waals surface area (Å²) in [5.41, 5.74) is 1.30. The van der Waals surface area contributed by atoms with Gasteiger partial charge in [0, 0.05) is 6.54 Å². The van der Waals surface area contributed by atoms with E-state index < -0.39 is 34.8 Å². The van der Waals surface area contributed by atoms with Crippen molar-refractivity contribution >= 4 is 5.78 Å². The number of nitrogens with one attached hydrogen (secondary N) is 1. The smallest absolute Gasteiger partial charge is 0.195 e. The van der Waals surface area contributed by atoms with Crippen molar-refractivity contribution in [2.45, 2.75) is 12.5 Å². The summed E-state index contributed by atoms with van der Waals surface area (Å²) in [5, 5.41) is 3.00. The number of Topliss-reactive ketones (excluding diaryl/α,β-unsaturated/α-hetero) is 1. The van der Waals surface area contributed by atoms with Crippen molar-refractivity contribution in [3.05, 3.63) is 70.5 Å². The number of benzene rings is 2. The van der Waals surface area contributed by atoms with Crippen molar-refractivity contribution in [3.8, 4) is 0 Å². The Kier molecular flexibility index (Phi) is 3.51. The maximum Gasteiger partial charge on any atom is 0.195 e. The summed E-state index contributed by atoms with van der Waals surface area (Å²) in [4.78, 5) is 12.5. The fourth-order valence-electron chi connectivity index (χ4n) is 2.61. The molecule has 2 aromatic carbocycles. The minimum atomic E-state index is -1.62. The third kappa shape index (κ3) is 2.34. The van der Waals surface area contributed by atoms with Crippen molar-refractivity contribution in [2.24, 2.45) is 0 Å². The molecule has 0 bridgehead atoms. The Hall–Kier alpha value is -2.14. The van der Waals surface area contributed by atoms with E-state index >= 15 is 0 Å². The molecule has 0 saturated carbocycles. The van der Waals surface area contributed by atoms with E-state index in [4.69, 9.17) is 0 Å². The maximum absolute atomic E-state index is 13.8. The third-order valence-corrected chi connectivity index (χ3v) is 3.67. The van der Waals surface area contributed by atoms with Crippen molar-refractivity contribution in [2.75, 3.05) is 6.54 Å². The molecule has 1 N–H and O–H groups in total. The largest absolute Gasteiger partial charge is 0.303 e. The molecule has 0 amide bonds. The highest BCUT2D eigenvalue weighted by Gasteiger charge is 2.29. The zero-order chi connectivity index (χ0) is 15.0. The summed E-state index contributed by atoms with van der Waals surface area (Å²) in [5.74, 6) is -4.96. The molecular weight excluding hydrogens is 279 g/mol. The summed E-state index contributed by atoms with van der Waals surface area (Å²) < 4.78 is 40.0. The molecule has 0 radical (unpaired) electrons. The Morgan fingerprint density at radius 2 is 1.81 bits per heavy atom. The average molecular weight is 291 g/mol. The molecule has 1 aliphatic rings. The predicted octanol–water partition coefficient (Wildman–Crippen LogP) is 3.17. The van der Waals surface area contributed by atoms with Crippen LogP contribution in [0.3, 0.4) is 0 Å². The van der Waals surface area contributed by atoms with Crippen LogP contribution in [0.1, 0.15) is 27.5 Å². The van der Waals surface area contributed by atoms with E-state index in [-0.39, 0.29) is 0 Å². The minimum absolute atomic E-state index is 0.442. The summed E-state index contributed by atoms with van der Waals surface area (Å²) in [6.07, 6.45) is 0.764. The highest BCUT2D eigenvalue weighted by atomic mass is 19.2. The van der Waals surface area contributed by atoms with Gasteiger partial charge >= 0.3 is 0 Å². The fourth-order valence-corrected chi connectivity index (χ4v) is 2.61. The monoisotopic (exact) mass is 291 g/mol. The minimum Gasteiger partial charge on any atom is -0.303 e. The lowest BCUT2D eigenvalue weighted by Gasteiger charge is -2.26. The number of fused-ring (bicyclic) bond motifs is 1. The van der Waals surface area contributed by atoms with Crippen molar-refractivity contribution < 1.29 is 18.0 Å². The molecule has 0 aromatic heterocycles. The lowest BCUT2D eigenvalue weighted by atomic mass is 9.89. The Morgan fingerprint density at radius 3 is 2.62 bits per heavy atom. The second-order valence-corrected chi connectivity index (χ2v) is 4.92. The molecule has 2 aromatic rings. The van der Waals surface area contributed by atoms with Crippen LogP contribution in [0, 0.1) is 17.5 Å². The molecule has 3 rings (SSSR count). The van der Waals surface area contributed by atoms with Crippen LogP contribution in [0.5, 0.6) is 0 Å². The van der Waals surface area contributed by atoms with Gasteiger partial charge in [-0.1, -0.05) is 24.3 Å². The summed E-state index contributed by atoms with van der Waals surface area (Å²) in [6, 6.07) is 8.33. The molecule has 1 aliphatic heterocycles. The zero-order valence-electron chi connectivity index (χ0n) is 11.0. The van der Waals surface area contributed by atoms with Gasteiger partial charge in [-0.15, -0.1) is 0 Å². The van der Waals surface area contributed by atoms with Gasteiger partial charge in [-0.2, -0.15) is 0 Å². The van der Waals surface area contributed by atoms with Gasteiger partial charge in [-0.25, -0.2) is 13.2 Å². The number of carbonyl (C=O) groups excluding carboxylic acids is 1. The van der Waals surface area contributed by atoms with Gasteiger partial charge in [0.05, 0.1) is 11.6 Å². The number of rotatable bonds is 2. The highest BCUT2D eigenvalue weighted by Crippen LogP contribution is 2.27. The van der Waals surface area contributed by atoms with Crippen LogP contribution in [-0.2, 0) is 6.42 Å². The van der Waals surface area contributed by atoms with Crippen molar-refractivity contribution in [3.63, 3.8) is 0 Å². The van der Waals surface area contributed by atoms with E-state index in [0.29, 0.717) is 6.54 Å². The Labute approximate surface area is 119 Å². The summed E-state index contributed by atoms with van der Waals surface area (Å²) in [6.45, 7) is 0.568. The van der Waals surface area contributed by atoms with Gasteiger partial charge in [0.1, 0.15) is 0 Å². The number of hydrogen-bond donors (Lipinski definition) is 1. The number of ketones is 1. The first-order chi connectivity index (χ1) is 10.1. The van der Waals surface area contributed by atoms with Crippen LogP contribution >= 0.6 is 0 Å². The van der Waals surface area contributed by atoms with E-state index in [0.717, 1.165) is 29.7 Å². The van der Waals surface area contributed by atoms with E-state index in [1.807, 2.05) is 12.1 Å². The van der Waals surface area contributed by atoms with Gasteiger partial charge < -0.3 is 5.32 Å². The van der Waals surface area contributed by atoms with E-state index in [1.165, 1.54) is 0 Å². The SMILES string of the molecule is O=C(c1ccc(F)c(F)c1F)C1NCCc2ccccc21. The Bertz CT molecular complexity index is 715. The number of hydrogen-bond acceptors (Lipinski definition) is 2. The lowest BCUT2D eigenvalue weighted by Crippen LogP contribution is -2.35. The van der Waals surface area contributed by atoms with Gasteiger partial charge in [0.25, 0.3) is 0 Å². The van der Waals surface area contributed by atoms with E-state index in [2.05, 4.69) is 5.32 Å². The molecule has 0 aliphatic carbocycles. The average Bonchev–Trinajstić information content (AvgIpc) is 2.51. The molecule has 5 heteroatoms. The summed E-state index contributed by atoms with van der Waals surface area (Å²) in [7, 11) is 0. The predicted molar refractivity (Wildman–Crippen MR) is 71.5 cm³/mol. The number of halogens is 3. The Morgan fingerprint density at radius 1 is 1.05 bits per heavy atom. The maximum atomic E-state index is 13.8. The van der Waals surface area contributed by atoms with Gasteiger partial charge in [0.15, 0.2) is 23.2 Å². The third-order valence-electron chi connectivity index (χ3n) is 3.67. The normalized spacial score (nSPS) is 17.4. The molecule has 1 unspecified atom stereocenters. The van der Waals surface area contributed by atoms with Crippen LogP contribution in [0.2, 0.25) is 0 Å². The lowest BCUT2D eigenvalue weighted by molar-refractivity contribution is 0.0934. The number of carbonyl (C=O) groups is 1. The van der Waals surface area contributed by atoms with Gasteiger partial charge in [-0.3, -0.25) is 4.79 Å². The first-order valence-corrected chi connectivity index (χ1v) is 6.58. The molecule has 1 atom stereocenters. The zero-order valence-corrected chi connectivity index (χ0v) is 11.0. The van der Waals surface area contributed by atoms with Crippen LogP contribution in [0.25, 0.3) is 0 Å². The first kappa shape index (κ1) is 13.8. The van der Waals surface area contributed by atoms with Crippen LogP contribution in [0.15, 0.2) is 36.4 Å². The molecule has 1 heterocycles. The van der Waals surface area contributed by atoms with E-state index in [9.17, 15) is 18.0 Å². The standard InChI is InChI=1S/C16H12F3NO/c17-12-6-5-11(13(18)14(12)19)16(21)15-10-4-2-1-3-9(10)7-8-20-15/h1-6,15,20H,7-8H2. The van der Waals surface area contributed by atoms with Crippen LogP contribution in [-0.4, -0.2) is 12.3 Å². The fraction of sp³-hybridized carbons (Fsp3) is 0.188. The van der Waals surface area contributed by atoms with Gasteiger partial charge in [0.2, 0.25) is 0 Å². The van der Waals surface area contributed by atoms with E-state index in [1.54, 1.807) is 12.1 Å². The molecule has 108 valence electrons.